The van der Waals surface area contributed by atoms with E-state index >= 15 is 0 Å². The number of aromatic nitrogens is 3. The van der Waals surface area contributed by atoms with Crippen LogP contribution in [0.5, 0.6) is 6.01 Å². The summed E-state index contributed by atoms with van der Waals surface area (Å²) in [5.74, 6) is -1.40. The van der Waals surface area contributed by atoms with Gasteiger partial charge in [-0.15, -0.1) is 0 Å². The molecule has 4 aromatic rings. The monoisotopic (exact) mass is 798 g/mol. The van der Waals surface area contributed by atoms with Gasteiger partial charge in [-0.25, -0.2) is 4.79 Å². The summed E-state index contributed by atoms with van der Waals surface area (Å²) in [5.41, 5.74) is 0.138. The summed E-state index contributed by atoms with van der Waals surface area (Å²) in [7, 11) is 0. The van der Waals surface area contributed by atoms with E-state index in [0.29, 0.717) is 10.7 Å². The minimum atomic E-state index is -4.63. The molecule has 1 heterocycles. The smallest absolute Gasteiger partial charge is 0.422 e. The number of ether oxygens (including phenoxy) is 2. The van der Waals surface area contributed by atoms with Gasteiger partial charge in [0.15, 0.2) is 6.61 Å². The van der Waals surface area contributed by atoms with Gasteiger partial charge in [0.05, 0.1) is 12.1 Å². The zero-order valence-corrected chi connectivity index (χ0v) is 31.3. The highest BCUT2D eigenvalue weighted by Gasteiger charge is 2.45. The number of alkyl halides is 3. The minimum Gasteiger partial charge on any atom is -0.464 e. The Bertz CT molecular complexity index is 2060. The number of amides is 1. The maximum Gasteiger partial charge on any atom is 0.422 e. The van der Waals surface area contributed by atoms with Crippen molar-refractivity contribution in [1.29, 1.82) is 0 Å². The van der Waals surface area contributed by atoms with Crippen LogP contribution in [0.1, 0.15) is 80.6 Å². The lowest BCUT2D eigenvalue weighted by Gasteiger charge is -2.22. The second-order valence-electron chi connectivity index (χ2n) is 13.8. The molecule has 0 unspecified atom stereocenters. The minimum absolute atomic E-state index is 0.0145. The molecule has 2 fully saturated rings. The number of esters is 1. The number of anilines is 5. The number of rotatable bonds is 17. The molecule has 0 spiro atoms. The molecule has 18 heteroatoms. The molecule has 298 valence electrons. The van der Waals surface area contributed by atoms with E-state index in [1.165, 1.54) is 24.3 Å². The van der Waals surface area contributed by atoms with Crippen molar-refractivity contribution in [1.82, 2.24) is 20.3 Å². The van der Waals surface area contributed by atoms with E-state index in [4.69, 9.17) is 21.1 Å². The van der Waals surface area contributed by atoms with Crippen LogP contribution >= 0.6 is 11.6 Å². The predicted octanol–water partition coefficient (Wildman–Crippen LogP) is 6.21. The summed E-state index contributed by atoms with van der Waals surface area (Å²) in [5, 5.41) is 15.5. The highest BCUT2D eigenvalue weighted by Crippen LogP contribution is 2.48. The van der Waals surface area contributed by atoms with Gasteiger partial charge in [0.2, 0.25) is 11.9 Å². The Morgan fingerprint density at radius 1 is 0.911 bits per heavy atom. The third-order valence-corrected chi connectivity index (χ3v) is 9.86. The number of carbonyl (C=O) groups excluding carboxylic acids is 2. The van der Waals surface area contributed by atoms with Crippen LogP contribution in [0.3, 0.4) is 0 Å². The van der Waals surface area contributed by atoms with Crippen LogP contribution in [0.4, 0.5) is 42.1 Å². The normalized spacial score (nSPS) is 15.9. The summed E-state index contributed by atoms with van der Waals surface area (Å²) >= 11 is 6.04. The molecular weight excluding hydrogens is 757 g/mol. The molecule has 1 amide bonds. The first-order valence-electron chi connectivity index (χ1n) is 18.5. The molecule has 2 aliphatic carbocycles. The number of benzene rings is 2. The van der Waals surface area contributed by atoms with Crippen molar-refractivity contribution in [2.45, 2.75) is 88.5 Å². The van der Waals surface area contributed by atoms with Crippen LogP contribution in [0, 0.1) is 0 Å². The molecule has 1 aromatic heterocycles. The van der Waals surface area contributed by atoms with Gasteiger partial charge < -0.3 is 36.1 Å². The molecule has 0 bridgehead atoms. The van der Waals surface area contributed by atoms with Gasteiger partial charge in [-0.05, 0) is 81.0 Å². The lowest BCUT2D eigenvalue weighted by atomic mass is 10.1. The molecule has 14 nitrogen and oxygen atoms in total. The molecule has 0 saturated heterocycles. The van der Waals surface area contributed by atoms with E-state index in [0.717, 1.165) is 56.9 Å². The van der Waals surface area contributed by atoms with Gasteiger partial charge in [-0.3, -0.25) is 14.4 Å². The molecule has 56 heavy (non-hydrogen) atoms. The maximum absolute atomic E-state index is 13.3. The predicted molar refractivity (Wildman–Crippen MR) is 205 cm³/mol. The fraction of sp³-hybridized carbons (Fsp3) is 0.447. The number of carbonyl (C=O) groups is 2. The third kappa shape index (κ3) is 10.4. The van der Waals surface area contributed by atoms with Crippen molar-refractivity contribution >= 4 is 52.4 Å². The first kappa shape index (κ1) is 40.2. The van der Waals surface area contributed by atoms with Crippen molar-refractivity contribution in [3.05, 3.63) is 85.1 Å². The molecule has 0 radical (unpaired) electrons. The molecule has 2 aliphatic rings. The maximum atomic E-state index is 13.3. The van der Waals surface area contributed by atoms with E-state index in [-0.39, 0.29) is 54.4 Å². The topological polar surface area (TPSA) is 186 Å². The molecule has 2 saturated carbocycles. The van der Waals surface area contributed by atoms with Gasteiger partial charge in [-0.1, -0.05) is 49.4 Å². The fourth-order valence-corrected chi connectivity index (χ4v) is 6.63. The number of nitrogens with one attached hydrogen (secondary N) is 5. The molecular formula is C38H42ClF3N8O6. The van der Waals surface area contributed by atoms with Crippen LogP contribution in [-0.2, 0) is 15.1 Å². The lowest BCUT2D eigenvalue weighted by Crippen LogP contribution is -2.44. The van der Waals surface area contributed by atoms with E-state index in [1.54, 1.807) is 19.1 Å². The van der Waals surface area contributed by atoms with Crippen molar-refractivity contribution in [3.8, 4) is 6.01 Å². The molecule has 5 N–H and O–H groups in total. The third-order valence-electron chi connectivity index (χ3n) is 9.61. The second kappa shape index (κ2) is 17.6. The average Bonchev–Trinajstić information content (AvgIpc) is 3.99. The van der Waals surface area contributed by atoms with Crippen LogP contribution in [0.15, 0.2) is 58.1 Å². The molecule has 3 aromatic carbocycles. The Labute approximate surface area is 325 Å². The summed E-state index contributed by atoms with van der Waals surface area (Å²) in [6, 6.07) is 11.6. The number of hydrogen-bond donors (Lipinski definition) is 5. The van der Waals surface area contributed by atoms with Gasteiger partial charge in [0, 0.05) is 28.9 Å². The summed E-state index contributed by atoms with van der Waals surface area (Å²) < 4.78 is 49.0. The van der Waals surface area contributed by atoms with Crippen LogP contribution < -0.4 is 42.2 Å². The quantitative estimate of drug-likeness (QED) is 0.0462. The highest BCUT2D eigenvalue weighted by atomic mass is 35.5. The van der Waals surface area contributed by atoms with Crippen LogP contribution in [-0.4, -0.2) is 64.8 Å². The van der Waals surface area contributed by atoms with Gasteiger partial charge in [0.25, 0.3) is 16.8 Å². The van der Waals surface area contributed by atoms with Gasteiger partial charge in [-0.2, -0.15) is 28.1 Å². The lowest BCUT2D eigenvalue weighted by molar-refractivity contribution is -0.154. The number of hydrogen-bond acceptors (Lipinski definition) is 13. The Morgan fingerprint density at radius 3 is 2.21 bits per heavy atom. The SMILES string of the molecule is CCOC(=O)[C@H](CCNc1c(NC2CCCCCC2)c(=O)c1=O)NC(=O)c1ccc(Nc2nc(NC3(c4ccc(Cl)cc4)CC3)nc(OCC(F)(F)F)n2)cc1. The van der Waals surface area contributed by atoms with E-state index in [9.17, 15) is 32.3 Å². The van der Waals surface area contributed by atoms with Crippen molar-refractivity contribution in [2.75, 3.05) is 41.0 Å². The van der Waals surface area contributed by atoms with Crippen LogP contribution in [0.2, 0.25) is 5.02 Å². The zero-order valence-electron chi connectivity index (χ0n) is 30.6. The summed E-state index contributed by atoms with van der Waals surface area (Å²) in [6.07, 6.45) is 3.06. The summed E-state index contributed by atoms with van der Waals surface area (Å²) in [4.78, 5) is 63.2. The largest absolute Gasteiger partial charge is 0.464 e. The molecule has 1 atom stereocenters. The Morgan fingerprint density at radius 2 is 1.57 bits per heavy atom. The van der Waals surface area contributed by atoms with E-state index in [2.05, 4.69) is 41.5 Å². The number of nitrogens with zero attached hydrogens (tertiary/aromatic N) is 3. The van der Waals surface area contributed by atoms with Crippen molar-refractivity contribution in [2.24, 2.45) is 0 Å². The van der Waals surface area contributed by atoms with E-state index in [1.807, 2.05) is 12.1 Å². The van der Waals surface area contributed by atoms with E-state index < -0.39 is 53.1 Å². The first-order chi connectivity index (χ1) is 26.8. The highest BCUT2D eigenvalue weighted by molar-refractivity contribution is 6.30. The average molecular weight is 799 g/mol. The van der Waals surface area contributed by atoms with Crippen LogP contribution in [0.25, 0.3) is 0 Å². The Hall–Kier alpha value is -5.45. The molecule has 0 aliphatic heterocycles. The molecule has 6 rings (SSSR count). The van der Waals surface area contributed by atoms with Gasteiger partial charge in [0.1, 0.15) is 17.4 Å². The summed E-state index contributed by atoms with van der Waals surface area (Å²) in [6.45, 7) is 0.191. The van der Waals surface area contributed by atoms with Crippen molar-refractivity contribution in [3.63, 3.8) is 0 Å². The number of halogens is 4. The first-order valence-corrected chi connectivity index (χ1v) is 18.9. The Balaban J connectivity index is 1.10. The zero-order chi connectivity index (χ0) is 39.9. The van der Waals surface area contributed by atoms with Gasteiger partial charge >= 0.3 is 18.2 Å². The van der Waals surface area contributed by atoms with Crippen molar-refractivity contribution < 1.29 is 32.2 Å². The second-order valence-corrected chi connectivity index (χ2v) is 14.3. The Kier molecular flexibility index (Phi) is 12.6. The standard InChI is InChI=1S/C38H42ClF3N8O6/c1-2-55-33(54)27(17-20-43-28-29(31(52)30(28)51)44-25-7-5-3-4-6-8-25)46-32(53)22-9-15-26(16-10-22)45-34-47-35(49-36(48-34)56-21-38(40,41)42)50-37(18-19-37)23-11-13-24(39)14-12-23/h9-16,25,27,43-44H,2-8,17-21H2,1H3,(H,46,53)(H2,45,47,48,49,50)/t27-/m0/s1. The fourth-order valence-electron chi connectivity index (χ4n) is 6.51.